The largest absolute Gasteiger partial charge is 0.253 e. The van der Waals surface area contributed by atoms with Crippen LogP contribution in [0.15, 0.2) is 24.3 Å². The maximum absolute atomic E-state index is 12.9. The number of pyridine rings is 1. The van der Waals surface area contributed by atoms with Crippen molar-refractivity contribution in [3.05, 3.63) is 41.3 Å². The van der Waals surface area contributed by atoms with Crippen LogP contribution >= 0.6 is 0 Å². The summed E-state index contributed by atoms with van der Waals surface area (Å²) in [6.45, 7) is 4.08. The lowest BCUT2D eigenvalue weighted by atomic mass is 10.1. The van der Waals surface area contributed by atoms with Crippen LogP contribution in [0, 0.1) is 12.7 Å². The van der Waals surface area contributed by atoms with Crippen molar-refractivity contribution in [1.29, 1.82) is 0 Å². The second-order valence-corrected chi connectivity index (χ2v) is 3.44. The van der Waals surface area contributed by atoms with Crippen molar-refractivity contribution >= 4 is 10.9 Å². The predicted octanol–water partition coefficient (Wildman–Crippen LogP) is 3.24. The van der Waals surface area contributed by atoms with E-state index in [4.69, 9.17) is 0 Å². The topological polar surface area (TPSA) is 12.9 Å². The Morgan fingerprint density at radius 2 is 2.07 bits per heavy atom. The summed E-state index contributed by atoms with van der Waals surface area (Å²) in [6.07, 6.45) is 0.916. The lowest BCUT2D eigenvalue weighted by Crippen LogP contribution is -1.92. The van der Waals surface area contributed by atoms with Gasteiger partial charge in [0.2, 0.25) is 0 Å². The van der Waals surface area contributed by atoms with Crippen LogP contribution in [0.4, 0.5) is 4.39 Å². The molecule has 2 rings (SSSR count). The molecule has 0 amide bonds. The Kier molecular flexibility index (Phi) is 2.20. The number of hydrogen-bond acceptors (Lipinski definition) is 1. The molecule has 0 fully saturated rings. The summed E-state index contributed by atoms with van der Waals surface area (Å²) in [4.78, 5) is 4.47. The van der Waals surface area contributed by atoms with Gasteiger partial charge in [-0.25, -0.2) is 4.39 Å². The van der Waals surface area contributed by atoms with Gasteiger partial charge in [0, 0.05) is 11.1 Å². The fourth-order valence-electron chi connectivity index (χ4n) is 1.65. The fourth-order valence-corrected chi connectivity index (χ4v) is 1.65. The molecule has 1 aromatic carbocycles. The molecule has 2 heteroatoms. The van der Waals surface area contributed by atoms with Crippen molar-refractivity contribution in [3.8, 4) is 0 Å². The van der Waals surface area contributed by atoms with Gasteiger partial charge in [-0.3, -0.25) is 4.98 Å². The minimum Gasteiger partial charge on any atom is -0.253 e. The van der Waals surface area contributed by atoms with E-state index < -0.39 is 0 Å². The molecule has 1 heterocycles. The second-order valence-electron chi connectivity index (χ2n) is 3.44. The van der Waals surface area contributed by atoms with Gasteiger partial charge in [-0.1, -0.05) is 6.92 Å². The number of rotatable bonds is 1. The monoisotopic (exact) mass is 189 g/mol. The summed E-state index contributed by atoms with van der Waals surface area (Å²) in [6, 6.07) is 6.69. The predicted molar refractivity (Wildman–Crippen MR) is 55.8 cm³/mol. The number of fused-ring (bicyclic) bond motifs is 1. The van der Waals surface area contributed by atoms with E-state index in [-0.39, 0.29) is 5.82 Å². The Morgan fingerprint density at radius 1 is 1.29 bits per heavy atom. The molecule has 1 aromatic heterocycles. The molecular weight excluding hydrogens is 177 g/mol. The van der Waals surface area contributed by atoms with Crippen LogP contribution in [0.5, 0.6) is 0 Å². The summed E-state index contributed by atoms with van der Waals surface area (Å²) in [5.41, 5.74) is 3.09. The number of aromatic nitrogens is 1. The van der Waals surface area contributed by atoms with Crippen LogP contribution < -0.4 is 0 Å². The first-order valence-corrected chi connectivity index (χ1v) is 4.76. The van der Waals surface area contributed by atoms with Crippen LogP contribution in [-0.4, -0.2) is 4.98 Å². The quantitative estimate of drug-likeness (QED) is 0.671. The normalized spacial score (nSPS) is 10.8. The summed E-state index contributed by atoms with van der Waals surface area (Å²) in [5, 5.41) is 0.875. The van der Waals surface area contributed by atoms with Crippen LogP contribution in [0.1, 0.15) is 18.2 Å². The molecule has 72 valence electrons. The van der Waals surface area contributed by atoms with Gasteiger partial charge in [-0.15, -0.1) is 0 Å². The summed E-state index contributed by atoms with van der Waals surface area (Å²) in [5.74, 6) is -0.206. The van der Waals surface area contributed by atoms with Crippen molar-refractivity contribution in [3.63, 3.8) is 0 Å². The maximum Gasteiger partial charge on any atom is 0.123 e. The maximum atomic E-state index is 12.9. The van der Waals surface area contributed by atoms with Crippen molar-refractivity contribution in [1.82, 2.24) is 4.98 Å². The number of nitrogens with zero attached hydrogens (tertiary/aromatic N) is 1. The zero-order valence-corrected chi connectivity index (χ0v) is 8.34. The van der Waals surface area contributed by atoms with Gasteiger partial charge in [-0.2, -0.15) is 0 Å². The molecule has 0 aliphatic rings. The molecule has 0 aliphatic heterocycles. The molecule has 0 atom stereocenters. The molecule has 0 unspecified atom stereocenters. The molecule has 1 nitrogen and oxygen atoms in total. The first-order chi connectivity index (χ1) is 6.70. The average molecular weight is 189 g/mol. The highest BCUT2D eigenvalue weighted by molar-refractivity contribution is 5.79. The van der Waals surface area contributed by atoms with Gasteiger partial charge in [0.15, 0.2) is 0 Å². The molecule has 0 saturated heterocycles. The lowest BCUT2D eigenvalue weighted by molar-refractivity contribution is 0.629. The Hall–Kier alpha value is -1.44. The highest BCUT2D eigenvalue weighted by Crippen LogP contribution is 2.17. The van der Waals surface area contributed by atoms with Gasteiger partial charge in [0.05, 0.1) is 5.52 Å². The van der Waals surface area contributed by atoms with Crippen molar-refractivity contribution in [2.24, 2.45) is 0 Å². The SMILES string of the molecule is CCc1nc2ccc(F)cc2cc1C. The number of hydrogen-bond donors (Lipinski definition) is 0. The van der Waals surface area contributed by atoms with Crippen molar-refractivity contribution in [2.75, 3.05) is 0 Å². The molecule has 14 heavy (non-hydrogen) atoms. The van der Waals surface area contributed by atoms with E-state index in [1.54, 1.807) is 6.07 Å². The van der Waals surface area contributed by atoms with Gasteiger partial charge >= 0.3 is 0 Å². The highest BCUT2D eigenvalue weighted by atomic mass is 19.1. The molecule has 2 aromatic rings. The highest BCUT2D eigenvalue weighted by Gasteiger charge is 2.02. The Labute approximate surface area is 82.6 Å². The average Bonchev–Trinajstić information content (AvgIpc) is 2.16. The zero-order valence-electron chi connectivity index (χ0n) is 8.34. The fraction of sp³-hybridized carbons (Fsp3) is 0.250. The lowest BCUT2D eigenvalue weighted by Gasteiger charge is -2.04. The van der Waals surface area contributed by atoms with Gasteiger partial charge in [0.1, 0.15) is 5.82 Å². The third kappa shape index (κ3) is 1.48. The Bertz CT molecular complexity index is 477. The third-order valence-corrected chi connectivity index (χ3v) is 2.41. The summed E-state index contributed by atoms with van der Waals surface area (Å²) >= 11 is 0. The Balaban J connectivity index is 2.73. The number of halogens is 1. The summed E-state index contributed by atoms with van der Waals surface area (Å²) in [7, 11) is 0. The molecule has 0 saturated carbocycles. The van der Waals surface area contributed by atoms with Crippen LogP contribution in [0.25, 0.3) is 10.9 Å². The van der Waals surface area contributed by atoms with E-state index in [2.05, 4.69) is 11.9 Å². The van der Waals surface area contributed by atoms with E-state index in [0.717, 1.165) is 28.6 Å². The molecule has 0 spiro atoms. The van der Waals surface area contributed by atoms with Gasteiger partial charge < -0.3 is 0 Å². The third-order valence-electron chi connectivity index (χ3n) is 2.41. The first kappa shape index (κ1) is 9.13. The summed E-state index contributed by atoms with van der Waals surface area (Å²) < 4.78 is 12.9. The van der Waals surface area contributed by atoms with Gasteiger partial charge in [-0.05, 0) is 43.2 Å². The molecule has 0 bridgehead atoms. The zero-order chi connectivity index (χ0) is 10.1. The van der Waals surface area contributed by atoms with Crippen LogP contribution in [0.3, 0.4) is 0 Å². The van der Waals surface area contributed by atoms with E-state index in [1.807, 2.05) is 13.0 Å². The Morgan fingerprint density at radius 3 is 2.79 bits per heavy atom. The smallest absolute Gasteiger partial charge is 0.123 e. The van der Waals surface area contributed by atoms with Gasteiger partial charge in [0.25, 0.3) is 0 Å². The van der Waals surface area contributed by atoms with E-state index >= 15 is 0 Å². The van der Waals surface area contributed by atoms with Crippen molar-refractivity contribution < 1.29 is 4.39 Å². The number of aryl methyl sites for hydroxylation is 2. The first-order valence-electron chi connectivity index (χ1n) is 4.76. The molecule has 0 radical (unpaired) electrons. The van der Waals surface area contributed by atoms with E-state index in [0.29, 0.717) is 0 Å². The number of benzene rings is 1. The van der Waals surface area contributed by atoms with E-state index in [1.165, 1.54) is 12.1 Å². The van der Waals surface area contributed by atoms with Crippen LogP contribution in [-0.2, 0) is 6.42 Å². The van der Waals surface area contributed by atoms with Crippen LogP contribution in [0.2, 0.25) is 0 Å². The minimum absolute atomic E-state index is 0.206. The second kappa shape index (κ2) is 3.37. The van der Waals surface area contributed by atoms with Crippen molar-refractivity contribution in [2.45, 2.75) is 20.3 Å². The van der Waals surface area contributed by atoms with E-state index in [9.17, 15) is 4.39 Å². The molecule has 0 N–H and O–H groups in total. The molecular formula is C12H12FN. The molecule has 0 aliphatic carbocycles. The standard InChI is InChI=1S/C12H12FN/c1-3-11-8(2)6-9-7-10(13)4-5-12(9)14-11/h4-7H,3H2,1-2H3. The minimum atomic E-state index is -0.206.